The average molecular weight is 242 g/mol. The van der Waals surface area contributed by atoms with Crippen LogP contribution in [0.25, 0.3) is 6.08 Å². The van der Waals surface area contributed by atoms with E-state index in [0.717, 1.165) is 17.7 Å². The van der Waals surface area contributed by atoms with Crippen molar-refractivity contribution in [2.75, 3.05) is 0 Å². The van der Waals surface area contributed by atoms with Gasteiger partial charge in [0.05, 0.1) is 0 Å². The van der Waals surface area contributed by atoms with Crippen LogP contribution in [-0.2, 0) is 11.3 Å². The van der Waals surface area contributed by atoms with Crippen molar-refractivity contribution in [2.24, 2.45) is 5.92 Å². The number of benzene rings is 1. The molecule has 1 aliphatic carbocycles. The minimum Gasteiger partial charge on any atom is -0.504 e. The molecule has 1 aromatic rings. The van der Waals surface area contributed by atoms with Crippen molar-refractivity contribution in [2.45, 2.75) is 13.0 Å². The maximum Gasteiger partial charge on any atom is 0.165 e. The van der Waals surface area contributed by atoms with E-state index in [0.29, 0.717) is 12.2 Å². The first kappa shape index (κ1) is 11.0. The Kier molecular flexibility index (Phi) is 2.59. The van der Waals surface area contributed by atoms with E-state index in [1.54, 1.807) is 6.07 Å². The summed E-state index contributed by atoms with van der Waals surface area (Å²) >= 11 is 0. The number of allylic oxidation sites excluding steroid dienone is 4. The van der Waals surface area contributed by atoms with Gasteiger partial charge in [0.15, 0.2) is 11.5 Å². The van der Waals surface area contributed by atoms with E-state index in [4.69, 9.17) is 4.74 Å². The molecule has 0 radical (unpaired) electrons. The third-order valence-corrected chi connectivity index (χ3v) is 3.31. The van der Waals surface area contributed by atoms with Crippen LogP contribution in [0.4, 0.5) is 0 Å². The Morgan fingerprint density at radius 1 is 1.17 bits per heavy atom. The van der Waals surface area contributed by atoms with E-state index in [1.165, 1.54) is 6.07 Å². The van der Waals surface area contributed by atoms with Gasteiger partial charge in [-0.15, -0.1) is 0 Å². The molecule has 1 heterocycles. The lowest BCUT2D eigenvalue weighted by molar-refractivity contribution is 0.172. The Balaban J connectivity index is 2.00. The van der Waals surface area contributed by atoms with E-state index >= 15 is 0 Å². The summed E-state index contributed by atoms with van der Waals surface area (Å²) in [4.78, 5) is 0. The molecule has 1 atom stereocenters. The highest BCUT2D eigenvalue weighted by Crippen LogP contribution is 2.38. The minimum absolute atomic E-state index is 0.0661. The smallest absolute Gasteiger partial charge is 0.165 e. The number of phenols is 2. The molecule has 92 valence electrons. The summed E-state index contributed by atoms with van der Waals surface area (Å²) < 4.78 is 5.72. The quantitative estimate of drug-likeness (QED) is 0.744. The van der Waals surface area contributed by atoms with Crippen LogP contribution in [0.3, 0.4) is 0 Å². The summed E-state index contributed by atoms with van der Waals surface area (Å²) in [5, 5.41) is 19.4. The van der Waals surface area contributed by atoms with Gasteiger partial charge in [-0.05, 0) is 18.6 Å². The van der Waals surface area contributed by atoms with Gasteiger partial charge in [0.25, 0.3) is 0 Å². The summed E-state index contributed by atoms with van der Waals surface area (Å²) in [5.74, 6) is 0.892. The van der Waals surface area contributed by atoms with Crippen LogP contribution in [0.5, 0.6) is 11.5 Å². The Bertz CT molecular complexity index is 567. The molecule has 3 heteroatoms. The van der Waals surface area contributed by atoms with E-state index in [9.17, 15) is 10.2 Å². The van der Waals surface area contributed by atoms with Crippen LogP contribution in [-0.4, -0.2) is 10.2 Å². The Morgan fingerprint density at radius 3 is 2.83 bits per heavy atom. The summed E-state index contributed by atoms with van der Waals surface area (Å²) in [6, 6.07) is 3.26. The van der Waals surface area contributed by atoms with Crippen LogP contribution in [0.1, 0.15) is 17.5 Å². The number of hydrogen-bond donors (Lipinski definition) is 2. The molecule has 0 saturated heterocycles. The molecule has 0 saturated carbocycles. The highest BCUT2D eigenvalue weighted by atomic mass is 16.5. The van der Waals surface area contributed by atoms with Crippen LogP contribution >= 0.6 is 0 Å². The van der Waals surface area contributed by atoms with Gasteiger partial charge in [0.2, 0.25) is 0 Å². The fourth-order valence-corrected chi connectivity index (χ4v) is 2.28. The van der Waals surface area contributed by atoms with Gasteiger partial charge in [0, 0.05) is 17.0 Å². The van der Waals surface area contributed by atoms with Crippen LogP contribution in [0, 0.1) is 5.92 Å². The first-order valence-corrected chi connectivity index (χ1v) is 5.97. The summed E-state index contributed by atoms with van der Waals surface area (Å²) in [7, 11) is 0. The van der Waals surface area contributed by atoms with Gasteiger partial charge in [0.1, 0.15) is 12.4 Å². The predicted octanol–water partition coefficient (Wildman–Crippen LogP) is 3.10. The van der Waals surface area contributed by atoms with Crippen molar-refractivity contribution in [3.63, 3.8) is 0 Å². The van der Waals surface area contributed by atoms with E-state index in [-0.39, 0.29) is 17.4 Å². The maximum absolute atomic E-state index is 9.88. The molecule has 3 nitrogen and oxygen atoms in total. The van der Waals surface area contributed by atoms with Crippen LogP contribution in [0.15, 0.2) is 42.2 Å². The van der Waals surface area contributed by atoms with Crippen molar-refractivity contribution in [1.82, 2.24) is 0 Å². The van der Waals surface area contributed by atoms with Crippen molar-refractivity contribution < 1.29 is 14.9 Å². The number of ether oxygens (including phenoxy) is 1. The summed E-state index contributed by atoms with van der Waals surface area (Å²) in [6.45, 7) is 0.434. The van der Waals surface area contributed by atoms with Crippen molar-refractivity contribution in [3.8, 4) is 11.5 Å². The average Bonchev–Trinajstić information content (AvgIpc) is 2.44. The molecule has 0 aromatic heterocycles. The SMILES string of the molecule is Oc1ccc2c(c1O)C=C(C1C=CC=CC1)OC2. The molecule has 0 fully saturated rings. The van der Waals surface area contributed by atoms with E-state index in [2.05, 4.69) is 12.2 Å². The highest BCUT2D eigenvalue weighted by Gasteiger charge is 2.21. The van der Waals surface area contributed by atoms with E-state index in [1.807, 2.05) is 18.2 Å². The predicted molar refractivity (Wildman–Crippen MR) is 68.9 cm³/mol. The molecular formula is C15H14O3. The molecule has 2 aliphatic rings. The molecule has 1 unspecified atom stereocenters. The Morgan fingerprint density at radius 2 is 2.06 bits per heavy atom. The fourth-order valence-electron chi connectivity index (χ4n) is 2.28. The van der Waals surface area contributed by atoms with E-state index < -0.39 is 0 Å². The van der Waals surface area contributed by atoms with Gasteiger partial charge in [-0.3, -0.25) is 0 Å². The number of rotatable bonds is 1. The third kappa shape index (κ3) is 1.78. The van der Waals surface area contributed by atoms with Crippen molar-refractivity contribution in [3.05, 3.63) is 53.3 Å². The first-order chi connectivity index (χ1) is 8.75. The second-order valence-electron chi connectivity index (χ2n) is 4.50. The van der Waals surface area contributed by atoms with Gasteiger partial charge >= 0.3 is 0 Å². The maximum atomic E-state index is 9.88. The molecule has 3 rings (SSSR count). The van der Waals surface area contributed by atoms with Crippen LogP contribution < -0.4 is 0 Å². The third-order valence-electron chi connectivity index (χ3n) is 3.31. The molecular weight excluding hydrogens is 228 g/mol. The Hall–Kier alpha value is -2.16. The highest BCUT2D eigenvalue weighted by molar-refractivity contribution is 5.67. The monoisotopic (exact) mass is 242 g/mol. The normalized spacial score (nSPS) is 21.1. The minimum atomic E-state index is -0.0923. The summed E-state index contributed by atoms with van der Waals surface area (Å²) in [6.07, 6.45) is 10.9. The second kappa shape index (κ2) is 4.26. The zero-order chi connectivity index (χ0) is 12.5. The summed E-state index contributed by atoms with van der Waals surface area (Å²) in [5.41, 5.74) is 1.56. The van der Waals surface area contributed by atoms with Gasteiger partial charge < -0.3 is 14.9 Å². The van der Waals surface area contributed by atoms with Crippen LogP contribution in [0.2, 0.25) is 0 Å². The number of aromatic hydroxyl groups is 2. The lowest BCUT2D eigenvalue weighted by Crippen LogP contribution is -2.10. The number of hydrogen-bond acceptors (Lipinski definition) is 3. The lowest BCUT2D eigenvalue weighted by Gasteiger charge is -2.24. The first-order valence-electron chi connectivity index (χ1n) is 5.97. The van der Waals surface area contributed by atoms with Gasteiger partial charge in [-0.25, -0.2) is 0 Å². The molecule has 1 aromatic carbocycles. The zero-order valence-electron chi connectivity index (χ0n) is 9.84. The molecule has 0 bridgehead atoms. The van der Waals surface area contributed by atoms with Crippen molar-refractivity contribution in [1.29, 1.82) is 0 Å². The fraction of sp³-hybridized carbons (Fsp3) is 0.200. The number of phenolic OH excluding ortho intramolecular Hbond substituents is 2. The molecule has 1 aliphatic heterocycles. The zero-order valence-corrected chi connectivity index (χ0v) is 9.84. The standard InChI is InChI=1S/C15H14O3/c16-13-7-6-11-9-18-14(8-12(11)15(13)17)10-4-2-1-3-5-10/h1-4,6-8,10,16-17H,5,9H2. The van der Waals surface area contributed by atoms with Gasteiger partial charge in [-0.2, -0.15) is 0 Å². The van der Waals surface area contributed by atoms with Crippen molar-refractivity contribution >= 4 is 6.08 Å². The second-order valence-corrected chi connectivity index (χ2v) is 4.50. The number of fused-ring (bicyclic) bond motifs is 1. The molecule has 0 spiro atoms. The molecule has 18 heavy (non-hydrogen) atoms. The molecule has 0 amide bonds. The topological polar surface area (TPSA) is 49.7 Å². The van der Waals surface area contributed by atoms with Gasteiger partial charge in [-0.1, -0.05) is 30.4 Å². The Labute approximate surface area is 105 Å². The lowest BCUT2D eigenvalue weighted by atomic mass is 9.94. The molecule has 2 N–H and O–H groups in total. The largest absolute Gasteiger partial charge is 0.504 e.